The van der Waals surface area contributed by atoms with Crippen LogP contribution in [-0.2, 0) is 0 Å². The van der Waals surface area contributed by atoms with E-state index in [-0.39, 0.29) is 5.91 Å². The number of amides is 1. The molecule has 1 amide bonds. The maximum Gasteiger partial charge on any atom is 0.252 e. The lowest BCUT2D eigenvalue weighted by molar-refractivity contribution is 0.0937. The molecule has 0 fully saturated rings. The van der Waals surface area contributed by atoms with E-state index in [1.165, 1.54) is 17.8 Å². The fraction of sp³-hybridized carbons (Fsp3) is 0.0909. The van der Waals surface area contributed by atoms with Crippen molar-refractivity contribution in [3.63, 3.8) is 0 Å². The minimum Gasteiger partial charge on any atom is -0.345 e. The number of nitrogens with one attached hydrogen (secondary N) is 1. The molecule has 28 heavy (non-hydrogen) atoms. The highest BCUT2D eigenvalue weighted by Gasteiger charge is 2.17. The van der Waals surface area contributed by atoms with E-state index in [4.69, 9.17) is 0 Å². The number of rotatable bonds is 5. The number of nitrogens with zero attached hydrogens (tertiary/aromatic N) is 1. The van der Waals surface area contributed by atoms with Gasteiger partial charge in [0.1, 0.15) is 6.07 Å². The molecule has 0 aliphatic carbocycles. The summed E-state index contributed by atoms with van der Waals surface area (Å²) in [7, 11) is 0. The molecule has 3 aromatic rings. The van der Waals surface area contributed by atoms with Crippen molar-refractivity contribution in [3.05, 3.63) is 95.1 Å². The Kier molecular flexibility index (Phi) is 6.07. The summed E-state index contributed by atoms with van der Waals surface area (Å²) in [6.45, 7) is 1.70. The smallest absolute Gasteiger partial charge is 0.252 e. The lowest BCUT2D eigenvalue weighted by Gasteiger charge is -2.16. The normalized spacial score (nSPS) is 11.5. The Morgan fingerprint density at radius 2 is 1.68 bits per heavy atom. The van der Waals surface area contributed by atoms with Crippen LogP contribution in [0.2, 0.25) is 0 Å². The van der Waals surface area contributed by atoms with Crippen LogP contribution in [0.4, 0.5) is 8.78 Å². The highest BCUT2D eigenvalue weighted by Crippen LogP contribution is 2.32. The Morgan fingerprint density at radius 3 is 2.39 bits per heavy atom. The average molecular weight is 394 g/mol. The number of benzene rings is 3. The Morgan fingerprint density at radius 1 is 1.00 bits per heavy atom. The standard InChI is InChI=1S/C22H16F2N2OS/c1-14(15-10-11-18(23)19(24)12-15)26-22(27)17-7-3-5-9-21(17)28-20-8-4-2-6-16(20)13-25/h2-12,14H,1H3,(H,26,27)/t14-/m0/s1. The summed E-state index contributed by atoms with van der Waals surface area (Å²) in [4.78, 5) is 14.2. The van der Waals surface area contributed by atoms with Gasteiger partial charge in [-0.25, -0.2) is 8.78 Å². The van der Waals surface area contributed by atoms with E-state index in [0.29, 0.717) is 21.6 Å². The summed E-state index contributed by atoms with van der Waals surface area (Å²) in [6.07, 6.45) is 0. The molecule has 3 nitrogen and oxygen atoms in total. The molecule has 0 saturated heterocycles. The molecule has 0 unspecified atom stereocenters. The molecule has 0 aromatic heterocycles. The zero-order valence-electron chi connectivity index (χ0n) is 14.9. The number of nitriles is 1. The van der Waals surface area contributed by atoms with Gasteiger partial charge in [-0.3, -0.25) is 4.79 Å². The van der Waals surface area contributed by atoms with Gasteiger partial charge < -0.3 is 5.32 Å². The van der Waals surface area contributed by atoms with Gasteiger partial charge in [0.2, 0.25) is 0 Å². The van der Waals surface area contributed by atoms with E-state index >= 15 is 0 Å². The second kappa shape index (κ2) is 8.68. The highest BCUT2D eigenvalue weighted by atomic mass is 32.2. The zero-order valence-corrected chi connectivity index (χ0v) is 15.8. The minimum absolute atomic E-state index is 0.338. The Bertz CT molecular complexity index is 1060. The average Bonchev–Trinajstić information content (AvgIpc) is 2.70. The molecule has 0 spiro atoms. The Balaban J connectivity index is 1.82. The van der Waals surface area contributed by atoms with Crippen LogP contribution >= 0.6 is 11.8 Å². The predicted octanol–water partition coefficient (Wildman–Crippen LogP) is 5.48. The summed E-state index contributed by atoms with van der Waals surface area (Å²) in [5.41, 5.74) is 1.43. The Labute approximate surface area is 166 Å². The molecule has 3 rings (SSSR count). The quantitative estimate of drug-likeness (QED) is 0.624. The molecule has 0 radical (unpaired) electrons. The first-order valence-electron chi connectivity index (χ1n) is 8.51. The van der Waals surface area contributed by atoms with Crippen LogP contribution in [0.1, 0.15) is 34.5 Å². The van der Waals surface area contributed by atoms with Crippen LogP contribution in [0.25, 0.3) is 0 Å². The van der Waals surface area contributed by atoms with E-state index in [9.17, 15) is 18.8 Å². The Hall–Kier alpha value is -3.17. The summed E-state index contributed by atoms with van der Waals surface area (Å²) in [5, 5.41) is 12.1. The van der Waals surface area contributed by atoms with Crippen molar-refractivity contribution in [3.8, 4) is 6.07 Å². The summed E-state index contributed by atoms with van der Waals surface area (Å²) in [5.74, 6) is -2.22. The van der Waals surface area contributed by atoms with Crippen molar-refractivity contribution in [2.45, 2.75) is 22.8 Å². The molecule has 0 aliphatic rings. The van der Waals surface area contributed by atoms with Crippen LogP contribution < -0.4 is 5.32 Å². The fourth-order valence-electron chi connectivity index (χ4n) is 2.65. The second-order valence-electron chi connectivity index (χ2n) is 6.07. The van der Waals surface area contributed by atoms with Crippen LogP contribution in [0.3, 0.4) is 0 Å². The third-order valence-corrected chi connectivity index (χ3v) is 5.30. The molecule has 1 N–H and O–H groups in total. The number of hydrogen-bond donors (Lipinski definition) is 1. The van der Waals surface area contributed by atoms with Gasteiger partial charge in [-0.2, -0.15) is 5.26 Å². The molecule has 0 saturated carbocycles. The maximum atomic E-state index is 13.5. The SMILES string of the molecule is C[C@H](NC(=O)c1ccccc1Sc1ccccc1C#N)c1ccc(F)c(F)c1. The topological polar surface area (TPSA) is 52.9 Å². The van der Waals surface area contributed by atoms with Crippen molar-refractivity contribution in [1.82, 2.24) is 5.32 Å². The first kappa shape index (κ1) is 19.6. The zero-order chi connectivity index (χ0) is 20.1. The summed E-state index contributed by atoms with van der Waals surface area (Å²) >= 11 is 1.33. The molecule has 6 heteroatoms. The van der Waals surface area contributed by atoms with E-state index in [0.717, 1.165) is 17.0 Å². The van der Waals surface area contributed by atoms with Gasteiger partial charge in [-0.15, -0.1) is 0 Å². The van der Waals surface area contributed by atoms with E-state index in [1.54, 1.807) is 37.3 Å². The monoisotopic (exact) mass is 394 g/mol. The van der Waals surface area contributed by atoms with Gasteiger partial charge in [0, 0.05) is 9.79 Å². The van der Waals surface area contributed by atoms with Crippen LogP contribution in [0, 0.1) is 23.0 Å². The molecule has 1 atom stereocenters. The predicted molar refractivity (Wildman–Crippen MR) is 104 cm³/mol. The lowest BCUT2D eigenvalue weighted by Crippen LogP contribution is -2.27. The molecule has 3 aromatic carbocycles. The van der Waals surface area contributed by atoms with Gasteiger partial charge in [0.05, 0.1) is 17.2 Å². The van der Waals surface area contributed by atoms with Crippen molar-refractivity contribution < 1.29 is 13.6 Å². The largest absolute Gasteiger partial charge is 0.345 e. The maximum absolute atomic E-state index is 13.5. The molecule has 0 heterocycles. The molecule has 140 valence electrons. The molecular weight excluding hydrogens is 378 g/mol. The van der Waals surface area contributed by atoms with Gasteiger partial charge in [-0.05, 0) is 48.9 Å². The molecule has 0 aliphatic heterocycles. The van der Waals surface area contributed by atoms with Crippen LogP contribution in [0.5, 0.6) is 0 Å². The fourth-order valence-corrected chi connectivity index (χ4v) is 3.67. The summed E-state index contributed by atoms with van der Waals surface area (Å²) < 4.78 is 26.6. The van der Waals surface area contributed by atoms with Crippen molar-refractivity contribution >= 4 is 17.7 Å². The number of hydrogen-bond acceptors (Lipinski definition) is 3. The second-order valence-corrected chi connectivity index (χ2v) is 7.16. The third-order valence-electron chi connectivity index (χ3n) is 4.15. The number of halogens is 2. The third kappa shape index (κ3) is 4.38. The van der Waals surface area contributed by atoms with E-state index < -0.39 is 17.7 Å². The molecule has 0 bridgehead atoms. The summed E-state index contributed by atoms with van der Waals surface area (Å²) in [6, 6.07) is 19.4. The van der Waals surface area contributed by atoms with Gasteiger partial charge >= 0.3 is 0 Å². The van der Waals surface area contributed by atoms with Gasteiger partial charge in [0.25, 0.3) is 5.91 Å². The first-order chi connectivity index (χ1) is 13.5. The van der Waals surface area contributed by atoms with E-state index in [1.807, 2.05) is 18.2 Å². The van der Waals surface area contributed by atoms with E-state index in [2.05, 4.69) is 11.4 Å². The molecular formula is C22H16F2N2OS. The first-order valence-corrected chi connectivity index (χ1v) is 9.33. The van der Waals surface area contributed by atoms with Crippen LogP contribution in [-0.4, -0.2) is 5.91 Å². The van der Waals surface area contributed by atoms with Crippen molar-refractivity contribution in [2.24, 2.45) is 0 Å². The van der Waals surface area contributed by atoms with Gasteiger partial charge in [0.15, 0.2) is 11.6 Å². The number of carbonyl (C=O) groups is 1. The highest BCUT2D eigenvalue weighted by molar-refractivity contribution is 7.99. The number of carbonyl (C=O) groups excluding carboxylic acids is 1. The minimum atomic E-state index is -0.956. The lowest BCUT2D eigenvalue weighted by atomic mass is 10.1. The van der Waals surface area contributed by atoms with Gasteiger partial charge in [-0.1, -0.05) is 42.1 Å². The van der Waals surface area contributed by atoms with Crippen molar-refractivity contribution in [1.29, 1.82) is 5.26 Å². The van der Waals surface area contributed by atoms with Crippen LogP contribution in [0.15, 0.2) is 76.5 Å². The van der Waals surface area contributed by atoms with Crippen molar-refractivity contribution in [2.75, 3.05) is 0 Å².